The molecule has 0 fully saturated rings. The van der Waals surface area contributed by atoms with Crippen molar-refractivity contribution in [3.8, 4) is 0 Å². The van der Waals surface area contributed by atoms with E-state index in [4.69, 9.17) is 4.74 Å². The quantitative estimate of drug-likeness (QED) is 0.805. The Morgan fingerprint density at radius 2 is 1.74 bits per heavy atom. The molecular weight excluding hydrogens is 270 g/mol. The van der Waals surface area contributed by atoms with Crippen molar-refractivity contribution in [2.45, 2.75) is 24.8 Å². The molecule has 0 aliphatic rings. The van der Waals surface area contributed by atoms with Crippen molar-refractivity contribution in [2.24, 2.45) is 0 Å². The highest BCUT2D eigenvalue weighted by Gasteiger charge is 2.21. The van der Waals surface area contributed by atoms with Crippen LogP contribution in [0.15, 0.2) is 29.2 Å². The largest absolute Gasteiger partial charge is 0.372 e. The maximum atomic E-state index is 11.9. The van der Waals surface area contributed by atoms with Crippen molar-refractivity contribution in [1.29, 1.82) is 0 Å². The Morgan fingerprint density at radius 1 is 1.21 bits per heavy atom. The summed E-state index contributed by atoms with van der Waals surface area (Å²) in [5.74, 6) is -0.917. The molecule has 0 saturated carbocycles. The van der Waals surface area contributed by atoms with Crippen LogP contribution in [0.2, 0.25) is 0 Å². The monoisotopic (exact) mass is 285 g/mol. The molecule has 0 aromatic heterocycles. The van der Waals surface area contributed by atoms with Crippen molar-refractivity contribution in [1.82, 2.24) is 4.72 Å². The standard InChI is InChI=1S/C12H15NO5S/c1-8(14)10-4-6-11(7-5-10)19(16,17)13-12(15)9(2)18-3/h4-7,9H,1-3H3,(H,13,15). The van der Waals surface area contributed by atoms with E-state index in [-0.39, 0.29) is 10.7 Å². The number of rotatable bonds is 5. The maximum absolute atomic E-state index is 11.9. The van der Waals surface area contributed by atoms with E-state index in [1.54, 1.807) is 0 Å². The van der Waals surface area contributed by atoms with E-state index in [2.05, 4.69) is 0 Å². The van der Waals surface area contributed by atoms with E-state index in [1.165, 1.54) is 45.2 Å². The minimum Gasteiger partial charge on any atom is -0.372 e. The smallest absolute Gasteiger partial charge is 0.264 e. The first kappa shape index (κ1) is 15.3. The molecule has 1 atom stereocenters. The summed E-state index contributed by atoms with van der Waals surface area (Å²) < 4.78 is 30.4. The molecule has 0 bridgehead atoms. The Bertz CT molecular complexity index is 577. The number of carbonyl (C=O) groups is 2. The summed E-state index contributed by atoms with van der Waals surface area (Å²) in [5, 5.41) is 0. The van der Waals surface area contributed by atoms with Gasteiger partial charge in [0, 0.05) is 12.7 Å². The second-order valence-corrected chi connectivity index (χ2v) is 5.61. The number of benzene rings is 1. The van der Waals surface area contributed by atoms with Crippen molar-refractivity contribution in [3.05, 3.63) is 29.8 Å². The van der Waals surface area contributed by atoms with Crippen LogP contribution in [0, 0.1) is 0 Å². The van der Waals surface area contributed by atoms with Gasteiger partial charge >= 0.3 is 0 Å². The number of amides is 1. The van der Waals surface area contributed by atoms with Gasteiger partial charge in [0.1, 0.15) is 6.10 Å². The van der Waals surface area contributed by atoms with Crippen LogP contribution in [0.4, 0.5) is 0 Å². The van der Waals surface area contributed by atoms with E-state index < -0.39 is 22.0 Å². The molecule has 1 aromatic carbocycles. The number of hydrogen-bond donors (Lipinski definition) is 1. The van der Waals surface area contributed by atoms with Gasteiger partial charge in [0.05, 0.1) is 4.90 Å². The predicted octanol–water partition coefficient (Wildman–Crippen LogP) is 0.729. The third-order valence-corrected chi connectivity index (χ3v) is 3.89. The lowest BCUT2D eigenvalue weighted by molar-refractivity contribution is -0.128. The van der Waals surface area contributed by atoms with Gasteiger partial charge in [0.15, 0.2) is 5.78 Å². The molecule has 1 N–H and O–H groups in total. The van der Waals surface area contributed by atoms with Crippen molar-refractivity contribution in [3.63, 3.8) is 0 Å². The number of carbonyl (C=O) groups excluding carboxylic acids is 2. The van der Waals surface area contributed by atoms with Gasteiger partial charge in [0.2, 0.25) is 0 Å². The summed E-state index contributed by atoms with van der Waals surface area (Å²) in [5.41, 5.74) is 0.399. The highest BCUT2D eigenvalue weighted by molar-refractivity contribution is 7.90. The fraction of sp³-hybridized carbons (Fsp3) is 0.333. The van der Waals surface area contributed by atoms with E-state index >= 15 is 0 Å². The van der Waals surface area contributed by atoms with Gasteiger partial charge < -0.3 is 4.74 Å². The molecule has 0 heterocycles. The Morgan fingerprint density at radius 3 is 2.16 bits per heavy atom. The SMILES string of the molecule is COC(C)C(=O)NS(=O)(=O)c1ccc(C(C)=O)cc1. The molecule has 0 aliphatic carbocycles. The van der Waals surface area contributed by atoms with Gasteiger partial charge in [-0.3, -0.25) is 9.59 Å². The van der Waals surface area contributed by atoms with Gasteiger partial charge in [-0.2, -0.15) is 0 Å². The summed E-state index contributed by atoms with van der Waals surface area (Å²) in [6.07, 6.45) is -0.869. The van der Waals surface area contributed by atoms with Crippen LogP contribution >= 0.6 is 0 Å². The number of sulfonamides is 1. The lowest BCUT2D eigenvalue weighted by Crippen LogP contribution is -2.38. The number of hydrogen-bond acceptors (Lipinski definition) is 5. The van der Waals surface area contributed by atoms with Gasteiger partial charge in [0.25, 0.3) is 15.9 Å². The molecule has 0 spiro atoms. The van der Waals surface area contributed by atoms with Crippen molar-refractivity contribution >= 4 is 21.7 Å². The van der Waals surface area contributed by atoms with E-state index in [0.717, 1.165) is 0 Å². The second-order valence-electron chi connectivity index (χ2n) is 3.93. The van der Waals surface area contributed by atoms with Crippen LogP contribution in [0.3, 0.4) is 0 Å². The van der Waals surface area contributed by atoms with Gasteiger partial charge in [-0.05, 0) is 26.0 Å². The Labute approximate surface area is 111 Å². The normalized spacial score (nSPS) is 12.8. The Balaban J connectivity index is 2.95. The van der Waals surface area contributed by atoms with Crippen LogP contribution in [0.5, 0.6) is 0 Å². The second kappa shape index (κ2) is 5.94. The van der Waals surface area contributed by atoms with Crippen molar-refractivity contribution < 1.29 is 22.7 Å². The maximum Gasteiger partial charge on any atom is 0.264 e. The van der Waals surface area contributed by atoms with Gasteiger partial charge in [-0.25, -0.2) is 13.1 Å². The minimum atomic E-state index is -3.95. The highest BCUT2D eigenvalue weighted by Crippen LogP contribution is 2.11. The highest BCUT2D eigenvalue weighted by atomic mass is 32.2. The first-order valence-corrected chi connectivity index (χ1v) is 6.96. The molecule has 7 heteroatoms. The number of Topliss-reactive ketones (excluding diaryl/α,β-unsaturated/α-hetero) is 1. The number of methoxy groups -OCH3 is 1. The van der Waals surface area contributed by atoms with Crippen LogP contribution in [-0.4, -0.2) is 33.3 Å². The van der Waals surface area contributed by atoms with Crippen LogP contribution in [-0.2, 0) is 19.6 Å². The molecule has 104 valence electrons. The topological polar surface area (TPSA) is 89.5 Å². The summed E-state index contributed by atoms with van der Waals surface area (Å²) in [7, 11) is -2.64. The minimum absolute atomic E-state index is 0.0887. The van der Waals surface area contributed by atoms with Crippen molar-refractivity contribution in [2.75, 3.05) is 7.11 Å². The molecule has 19 heavy (non-hydrogen) atoms. The zero-order valence-corrected chi connectivity index (χ0v) is 11.7. The molecule has 1 aromatic rings. The number of ketones is 1. The average Bonchev–Trinajstić information content (AvgIpc) is 2.37. The Hall–Kier alpha value is -1.73. The number of ether oxygens (including phenoxy) is 1. The molecular formula is C12H15NO5S. The molecule has 1 amide bonds. The van der Waals surface area contributed by atoms with Gasteiger partial charge in [-0.15, -0.1) is 0 Å². The lowest BCUT2D eigenvalue weighted by atomic mass is 10.2. The summed E-state index contributed by atoms with van der Waals surface area (Å²) in [6, 6.07) is 5.32. The van der Waals surface area contributed by atoms with Crippen LogP contribution in [0.25, 0.3) is 0 Å². The van der Waals surface area contributed by atoms with Crippen LogP contribution in [0.1, 0.15) is 24.2 Å². The van der Waals surface area contributed by atoms with E-state index in [1.807, 2.05) is 4.72 Å². The lowest BCUT2D eigenvalue weighted by Gasteiger charge is -2.11. The third kappa shape index (κ3) is 3.87. The molecule has 0 saturated heterocycles. The molecule has 1 rings (SSSR count). The predicted molar refractivity (Wildman–Crippen MR) is 68.2 cm³/mol. The summed E-state index contributed by atoms with van der Waals surface area (Å²) >= 11 is 0. The fourth-order valence-corrected chi connectivity index (χ4v) is 2.29. The molecule has 0 aliphatic heterocycles. The third-order valence-electron chi connectivity index (χ3n) is 2.53. The summed E-state index contributed by atoms with van der Waals surface area (Å²) in [6.45, 7) is 2.81. The van der Waals surface area contributed by atoms with Crippen LogP contribution < -0.4 is 4.72 Å². The fourth-order valence-electron chi connectivity index (χ4n) is 1.25. The van der Waals surface area contributed by atoms with E-state index in [0.29, 0.717) is 5.56 Å². The average molecular weight is 285 g/mol. The Kier molecular flexibility index (Phi) is 4.79. The zero-order valence-electron chi connectivity index (χ0n) is 10.8. The summed E-state index contributed by atoms with van der Waals surface area (Å²) in [4.78, 5) is 22.5. The first-order chi connectivity index (χ1) is 8.77. The van der Waals surface area contributed by atoms with E-state index in [9.17, 15) is 18.0 Å². The molecule has 0 radical (unpaired) electrons. The molecule has 1 unspecified atom stereocenters. The number of nitrogens with one attached hydrogen (secondary N) is 1. The first-order valence-electron chi connectivity index (χ1n) is 5.48. The van der Waals surface area contributed by atoms with Gasteiger partial charge in [-0.1, -0.05) is 12.1 Å². The zero-order chi connectivity index (χ0) is 14.6. The molecule has 6 nitrogen and oxygen atoms in total.